The van der Waals surface area contributed by atoms with Crippen LogP contribution in [-0.2, 0) is 4.79 Å². The Morgan fingerprint density at radius 3 is 2.44 bits per heavy atom. The molecule has 0 radical (unpaired) electrons. The molecule has 0 aliphatic heterocycles. The zero-order valence-electron chi connectivity index (χ0n) is 15.3. The molecule has 0 spiro atoms. The predicted molar refractivity (Wildman–Crippen MR) is 110 cm³/mol. The van der Waals surface area contributed by atoms with Crippen LogP contribution in [0.15, 0.2) is 36.4 Å². The maximum Gasteiger partial charge on any atom is 0.227 e. The van der Waals surface area contributed by atoms with Gasteiger partial charge in [0.15, 0.2) is 0 Å². The summed E-state index contributed by atoms with van der Waals surface area (Å²) in [5.41, 5.74) is 3.18. The molecule has 3 nitrogen and oxygen atoms in total. The van der Waals surface area contributed by atoms with E-state index in [-0.39, 0.29) is 11.8 Å². The standard InChI is InChI=1S/C22H22Cl2N2O/c1-14-11-18(19(13-25)15-7-9-17(23)10-8-15)20(24)12-21(14)26-22(27)16-5-3-2-4-6-16/h7-12,16,19H,2-6H2,1H3,(H,26,27). The third-order valence-corrected chi connectivity index (χ3v) is 5.80. The van der Waals surface area contributed by atoms with Crippen LogP contribution in [0.1, 0.15) is 54.7 Å². The Morgan fingerprint density at radius 2 is 1.81 bits per heavy atom. The number of benzene rings is 2. The summed E-state index contributed by atoms with van der Waals surface area (Å²) in [6.07, 6.45) is 5.33. The molecule has 2 aromatic rings. The van der Waals surface area contributed by atoms with Gasteiger partial charge in [0.05, 0.1) is 12.0 Å². The zero-order valence-corrected chi connectivity index (χ0v) is 16.8. The van der Waals surface area contributed by atoms with Crippen LogP contribution in [-0.4, -0.2) is 5.91 Å². The SMILES string of the molecule is Cc1cc(C(C#N)c2ccc(Cl)cc2)c(Cl)cc1NC(=O)C1CCCCC1. The number of anilines is 1. The van der Waals surface area contributed by atoms with Crippen LogP contribution in [0.4, 0.5) is 5.69 Å². The molecule has 3 rings (SSSR count). The molecule has 27 heavy (non-hydrogen) atoms. The van der Waals surface area contributed by atoms with Crippen LogP contribution in [0.5, 0.6) is 0 Å². The van der Waals surface area contributed by atoms with Gasteiger partial charge in [-0.2, -0.15) is 5.26 Å². The second-order valence-corrected chi connectivity index (χ2v) is 7.97. The molecule has 1 aliphatic rings. The number of carbonyl (C=O) groups excluding carboxylic acids is 1. The lowest BCUT2D eigenvalue weighted by Crippen LogP contribution is -2.25. The van der Waals surface area contributed by atoms with Crippen molar-refractivity contribution in [2.45, 2.75) is 44.9 Å². The van der Waals surface area contributed by atoms with E-state index in [9.17, 15) is 10.1 Å². The molecule has 1 amide bonds. The monoisotopic (exact) mass is 400 g/mol. The summed E-state index contributed by atoms with van der Waals surface area (Å²) in [6, 6.07) is 13.2. The number of rotatable bonds is 4. The van der Waals surface area contributed by atoms with Crippen molar-refractivity contribution >= 4 is 34.8 Å². The summed E-state index contributed by atoms with van der Waals surface area (Å²) in [5, 5.41) is 13.8. The number of nitrogens with one attached hydrogen (secondary N) is 1. The smallest absolute Gasteiger partial charge is 0.227 e. The third-order valence-electron chi connectivity index (χ3n) is 5.22. The highest BCUT2D eigenvalue weighted by molar-refractivity contribution is 6.32. The molecule has 1 unspecified atom stereocenters. The third kappa shape index (κ3) is 4.64. The van der Waals surface area contributed by atoms with Gasteiger partial charge in [0.2, 0.25) is 5.91 Å². The fourth-order valence-corrected chi connectivity index (χ4v) is 4.04. The highest BCUT2D eigenvalue weighted by atomic mass is 35.5. The fraction of sp³-hybridized carbons (Fsp3) is 0.364. The summed E-state index contributed by atoms with van der Waals surface area (Å²) >= 11 is 12.4. The first-order valence-electron chi connectivity index (χ1n) is 9.25. The minimum absolute atomic E-state index is 0.0659. The van der Waals surface area contributed by atoms with Crippen LogP contribution in [0.2, 0.25) is 10.0 Å². The van der Waals surface area contributed by atoms with Gasteiger partial charge >= 0.3 is 0 Å². The average Bonchev–Trinajstić information content (AvgIpc) is 2.68. The summed E-state index contributed by atoms with van der Waals surface area (Å²) < 4.78 is 0. The van der Waals surface area contributed by atoms with E-state index in [0.29, 0.717) is 15.7 Å². The number of carbonyl (C=O) groups is 1. The second kappa shape index (κ2) is 8.78. The van der Waals surface area contributed by atoms with Gasteiger partial charge < -0.3 is 5.32 Å². The van der Waals surface area contributed by atoms with E-state index >= 15 is 0 Å². The Bertz CT molecular complexity index is 865. The van der Waals surface area contributed by atoms with E-state index in [0.717, 1.165) is 42.4 Å². The number of nitrogens with zero attached hydrogens (tertiary/aromatic N) is 1. The van der Waals surface area contributed by atoms with Crippen molar-refractivity contribution in [3.8, 4) is 6.07 Å². The van der Waals surface area contributed by atoms with E-state index in [1.807, 2.05) is 25.1 Å². The number of halogens is 2. The molecule has 0 bridgehead atoms. The van der Waals surface area contributed by atoms with Crippen molar-refractivity contribution in [2.24, 2.45) is 5.92 Å². The maximum absolute atomic E-state index is 12.5. The molecular weight excluding hydrogens is 379 g/mol. The van der Waals surface area contributed by atoms with Gasteiger partial charge in [-0.1, -0.05) is 60.7 Å². The first kappa shape index (κ1) is 19.7. The van der Waals surface area contributed by atoms with Crippen LogP contribution >= 0.6 is 23.2 Å². The summed E-state index contributed by atoms with van der Waals surface area (Å²) in [5.74, 6) is -0.342. The summed E-state index contributed by atoms with van der Waals surface area (Å²) in [4.78, 5) is 12.5. The minimum atomic E-state index is -0.489. The molecule has 2 aromatic carbocycles. The summed E-state index contributed by atoms with van der Waals surface area (Å²) in [6.45, 7) is 1.92. The molecule has 1 atom stereocenters. The van der Waals surface area contributed by atoms with Gasteiger partial charge in [-0.15, -0.1) is 0 Å². The van der Waals surface area contributed by atoms with E-state index in [4.69, 9.17) is 23.2 Å². The number of hydrogen-bond donors (Lipinski definition) is 1. The van der Waals surface area contributed by atoms with Crippen molar-refractivity contribution in [3.63, 3.8) is 0 Å². The molecule has 1 saturated carbocycles. The first-order valence-corrected chi connectivity index (χ1v) is 10.0. The van der Waals surface area contributed by atoms with E-state index in [1.54, 1.807) is 18.2 Å². The minimum Gasteiger partial charge on any atom is -0.326 e. The highest BCUT2D eigenvalue weighted by Crippen LogP contribution is 2.35. The van der Waals surface area contributed by atoms with Crippen molar-refractivity contribution < 1.29 is 4.79 Å². The molecule has 1 fully saturated rings. The van der Waals surface area contributed by atoms with Crippen molar-refractivity contribution in [1.29, 1.82) is 5.26 Å². The summed E-state index contributed by atoms with van der Waals surface area (Å²) in [7, 11) is 0. The van der Waals surface area contributed by atoms with E-state index in [2.05, 4.69) is 11.4 Å². The lowest BCUT2D eigenvalue weighted by molar-refractivity contribution is -0.120. The van der Waals surface area contributed by atoms with E-state index in [1.165, 1.54) is 6.42 Å². The van der Waals surface area contributed by atoms with Gasteiger partial charge in [0.1, 0.15) is 0 Å². The molecule has 140 valence electrons. The van der Waals surface area contributed by atoms with Gasteiger partial charge in [-0.25, -0.2) is 0 Å². The number of amides is 1. The Hall–Kier alpha value is -2.02. The number of aryl methyl sites for hydroxylation is 1. The van der Waals surface area contributed by atoms with Crippen molar-refractivity contribution in [3.05, 3.63) is 63.1 Å². The van der Waals surface area contributed by atoms with E-state index < -0.39 is 5.92 Å². The lowest BCUT2D eigenvalue weighted by atomic mass is 9.88. The molecular formula is C22H22Cl2N2O. The average molecular weight is 401 g/mol. The lowest BCUT2D eigenvalue weighted by Gasteiger charge is -2.22. The molecule has 1 N–H and O–H groups in total. The van der Waals surface area contributed by atoms with Crippen LogP contribution in [0.3, 0.4) is 0 Å². The Morgan fingerprint density at radius 1 is 1.15 bits per heavy atom. The Kier molecular flexibility index (Phi) is 6.42. The molecule has 1 aliphatic carbocycles. The van der Waals surface area contributed by atoms with Crippen LogP contribution in [0.25, 0.3) is 0 Å². The fourth-order valence-electron chi connectivity index (χ4n) is 3.64. The number of hydrogen-bond acceptors (Lipinski definition) is 2. The molecule has 0 aromatic heterocycles. The van der Waals surface area contributed by atoms with Crippen molar-refractivity contribution in [1.82, 2.24) is 0 Å². The Labute approximate surface area is 170 Å². The zero-order chi connectivity index (χ0) is 19.4. The largest absolute Gasteiger partial charge is 0.326 e. The van der Waals surface area contributed by atoms with Gasteiger partial charge in [0.25, 0.3) is 0 Å². The van der Waals surface area contributed by atoms with Crippen molar-refractivity contribution in [2.75, 3.05) is 5.32 Å². The predicted octanol–water partition coefficient (Wildman–Crippen LogP) is 6.48. The second-order valence-electron chi connectivity index (χ2n) is 7.13. The topological polar surface area (TPSA) is 52.9 Å². The molecule has 0 heterocycles. The van der Waals surface area contributed by atoms with Gasteiger partial charge in [-0.05, 0) is 54.7 Å². The quantitative estimate of drug-likeness (QED) is 0.638. The Balaban J connectivity index is 1.84. The van der Waals surface area contributed by atoms with Gasteiger partial charge in [0, 0.05) is 21.7 Å². The molecule has 0 saturated heterocycles. The number of nitriles is 1. The maximum atomic E-state index is 12.5. The first-order chi connectivity index (χ1) is 13.0. The normalized spacial score (nSPS) is 15.8. The van der Waals surface area contributed by atoms with Gasteiger partial charge in [-0.3, -0.25) is 4.79 Å². The highest BCUT2D eigenvalue weighted by Gasteiger charge is 2.23. The van der Waals surface area contributed by atoms with Crippen LogP contribution in [0, 0.1) is 24.2 Å². The molecule has 5 heteroatoms. The van der Waals surface area contributed by atoms with Crippen LogP contribution < -0.4 is 5.32 Å².